The third kappa shape index (κ3) is 8.98. The van der Waals surface area contributed by atoms with Crippen molar-refractivity contribution in [2.45, 2.75) is 55.5 Å². The van der Waals surface area contributed by atoms with Gasteiger partial charge < -0.3 is 29.6 Å². The minimum absolute atomic E-state index is 0.0427. The van der Waals surface area contributed by atoms with Gasteiger partial charge in [-0.2, -0.15) is 4.98 Å². The molecule has 3 N–H and O–H groups in total. The van der Waals surface area contributed by atoms with Crippen LogP contribution in [0.4, 0.5) is 32.8 Å². The standard InChI is InChI=1S/C47H50ClFN8O7S/c48-34-3-1-31(2-4-34)38-28-46(12-13-46)11-9-33(38)29-54-17-19-55(20-18-54)35-5-7-37(40(26-35)56-21-24-64-45-42(56)25-32-10-16-50-43(32)52-45)44(58)53-65(61,62)36-6-8-39(41(27-36)57(59)60)51-30-47(49)14-22-63-23-15-47/h1-8,10,16,25-27,51H,9,11-15,17-24,28-30H2,(H,50,52)(H,53,58). The molecule has 1 amide bonds. The predicted octanol–water partition coefficient (Wildman–Crippen LogP) is 8.24. The van der Waals surface area contributed by atoms with Crippen LogP contribution in [0.3, 0.4) is 0 Å². The number of nitro benzene ring substituents is 1. The molecule has 3 aromatic carbocycles. The summed E-state index contributed by atoms with van der Waals surface area (Å²) < 4.78 is 56.5. The van der Waals surface area contributed by atoms with Crippen molar-refractivity contribution < 1.29 is 32.0 Å². The van der Waals surface area contributed by atoms with Gasteiger partial charge in [0.15, 0.2) is 0 Å². The number of benzene rings is 3. The first-order chi connectivity index (χ1) is 31.3. The Kier molecular flexibility index (Phi) is 11.4. The number of allylic oxidation sites excluding steroid dienone is 1. The molecule has 0 radical (unpaired) electrons. The Morgan fingerprint density at radius 3 is 2.46 bits per heavy atom. The molecule has 65 heavy (non-hydrogen) atoms. The largest absolute Gasteiger partial charge is 0.474 e. The van der Waals surface area contributed by atoms with Gasteiger partial charge in [-0.3, -0.25) is 19.8 Å². The van der Waals surface area contributed by atoms with Gasteiger partial charge in [-0.25, -0.2) is 17.5 Å². The van der Waals surface area contributed by atoms with Gasteiger partial charge in [-0.15, -0.1) is 0 Å². The summed E-state index contributed by atoms with van der Waals surface area (Å²) in [4.78, 5) is 39.7. The molecule has 1 saturated carbocycles. The van der Waals surface area contributed by atoms with Gasteiger partial charge in [-0.1, -0.05) is 29.3 Å². The van der Waals surface area contributed by atoms with E-state index in [1.165, 1.54) is 42.0 Å². The number of nitrogens with one attached hydrogen (secondary N) is 3. The van der Waals surface area contributed by atoms with Crippen LogP contribution in [-0.2, 0) is 14.8 Å². The van der Waals surface area contributed by atoms with Crippen molar-refractivity contribution >= 4 is 72.6 Å². The van der Waals surface area contributed by atoms with E-state index in [-0.39, 0.29) is 50.5 Å². The fraction of sp³-hybridized carbons (Fsp3) is 0.404. The van der Waals surface area contributed by atoms with Crippen LogP contribution in [-0.4, -0.2) is 105 Å². The second-order valence-corrected chi connectivity index (χ2v) is 20.1. The third-order valence-corrected chi connectivity index (χ3v) is 15.3. The molecule has 3 aliphatic heterocycles. The molecule has 2 aliphatic carbocycles. The van der Waals surface area contributed by atoms with E-state index in [2.05, 4.69) is 41.9 Å². The van der Waals surface area contributed by atoms with Crippen LogP contribution in [0.15, 0.2) is 89.5 Å². The number of pyridine rings is 1. The normalized spacial score (nSPS) is 19.5. The van der Waals surface area contributed by atoms with Crippen LogP contribution in [0.1, 0.15) is 60.9 Å². The molecule has 1 spiro atoms. The lowest BCUT2D eigenvalue weighted by atomic mass is 9.78. The molecule has 2 aromatic heterocycles. The summed E-state index contributed by atoms with van der Waals surface area (Å²) in [5.74, 6) is -0.558. The molecule has 0 atom stereocenters. The maximum Gasteiger partial charge on any atom is 0.293 e. The SMILES string of the molecule is O=C(NS(=O)(=O)c1ccc(NCC2(F)CCOCC2)c([N+](=O)[O-])c1)c1ccc(N2CCN(CC3=C(c4ccc(Cl)cc4)CC4(CC3)CC4)CC2)cc1N1CCOc2nc3[nH]ccc3cc21. The summed E-state index contributed by atoms with van der Waals surface area (Å²) in [6, 6.07) is 20.7. The number of ether oxygens (including phenoxy) is 2. The van der Waals surface area contributed by atoms with E-state index < -0.39 is 37.1 Å². The number of fused-ring (bicyclic) bond motifs is 2. The first-order valence-electron chi connectivity index (χ1n) is 22.2. The monoisotopic (exact) mass is 924 g/mol. The molecule has 0 bridgehead atoms. The Balaban J connectivity index is 0.908. The van der Waals surface area contributed by atoms with Crippen LogP contribution in [0, 0.1) is 15.5 Å². The lowest BCUT2D eigenvalue weighted by molar-refractivity contribution is -0.384. The smallest absolute Gasteiger partial charge is 0.293 e. The van der Waals surface area contributed by atoms with Crippen molar-refractivity contribution in [2.75, 3.05) is 80.8 Å². The number of amides is 1. The quantitative estimate of drug-likeness (QED) is 0.0809. The number of nitrogens with zero attached hydrogens (tertiary/aromatic N) is 5. The zero-order valence-electron chi connectivity index (χ0n) is 35.8. The number of aromatic nitrogens is 2. The number of anilines is 4. The molecule has 5 heterocycles. The fourth-order valence-electron chi connectivity index (χ4n) is 9.70. The number of nitro groups is 1. The molecule has 18 heteroatoms. The number of alkyl halides is 1. The highest BCUT2D eigenvalue weighted by Crippen LogP contribution is 2.59. The van der Waals surface area contributed by atoms with Crippen LogP contribution in [0.5, 0.6) is 5.88 Å². The van der Waals surface area contributed by atoms with E-state index in [4.69, 9.17) is 21.1 Å². The molecule has 3 fully saturated rings. The Morgan fingerprint density at radius 2 is 1.71 bits per heavy atom. The van der Waals surface area contributed by atoms with Crippen LogP contribution in [0.2, 0.25) is 5.02 Å². The van der Waals surface area contributed by atoms with E-state index in [0.29, 0.717) is 34.9 Å². The van der Waals surface area contributed by atoms with Crippen LogP contribution < -0.4 is 24.6 Å². The summed E-state index contributed by atoms with van der Waals surface area (Å²) in [5.41, 5.74) is 5.10. The molecule has 2 saturated heterocycles. The van der Waals surface area contributed by atoms with Crippen molar-refractivity contribution in [2.24, 2.45) is 5.41 Å². The van der Waals surface area contributed by atoms with Crippen LogP contribution in [0.25, 0.3) is 16.6 Å². The lowest BCUT2D eigenvalue weighted by Gasteiger charge is -2.39. The van der Waals surface area contributed by atoms with E-state index >= 15 is 4.39 Å². The number of rotatable bonds is 12. The number of carbonyl (C=O) groups excluding carboxylic acids is 1. The average Bonchev–Trinajstić information content (AvgIpc) is 3.90. The Labute approximate surface area is 381 Å². The minimum atomic E-state index is -4.64. The molecule has 15 nitrogen and oxygen atoms in total. The number of aromatic amines is 1. The fourth-order valence-corrected chi connectivity index (χ4v) is 10.8. The van der Waals surface area contributed by atoms with E-state index in [1.807, 2.05) is 41.3 Å². The van der Waals surface area contributed by atoms with Crippen molar-refractivity contribution in [1.82, 2.24) is 19.6 Å². The zero-order chi connectivity index (χ0) is 44.9. The summed E-state index contributed by atoms with van der Waals surface area (Å²) in [5, 5.41) is 16.5. The highest BCUT2D eigenvalue weighted by molar-refractivity contribution is 7.90. The molecular formula is C47H50ClFN8O7S. The van der Waals surface area contributed by atoms with Gasteiger partial charge in [0, 0.05) is 93.7 Å². The summed E-state index contributed by atoms with van der Waals surface area (Å²) in [7, 11) is -4.64. The van der Waals surface area contributed by atoms with Gasteiger partial charge in [0.2, 0.25) is 5.88 Å². The van der Waals surface area contributed by atoms with Gasteiger partial charge in [-0.05, 0) is 103 Å². The number of carbonyl (C=O) groups is 1. The van der Waals surface area contributed by atoms with Gasteiger partial charge >= 0.3 is 0 Å². The third-order valence-electron chi connectivity index (χ3n) is 13.8. The first-order valence-corrected chi connectivity index (χ1v) is 24.0. The first kappa shape index (κ1) is 43.2. The maximum absolute atomic E-state index is 15.3. The highest BCUT2D eigenvalue weighted by atomic mass is 35.5. The second-order valence-electron chi connectivity index (χ2n) is 17.9. The number of hydrogen-bond donors (Lipinski definition) is 3. The Bertz CT molecular complexity index is 2800. The number of sulfonamides is 1. The van der Waals surface area contributed by atoms with Gasteiger partial charge in [0.05, 0.1) is 27.6 Å². The predicted molar refractivity (Wildman–Crippen MR) is 248 cm³/mol. The molecule has 5 aromatic rings. The van der Waals surface area contributed by atoms with Crippen LogP contribution >= 0.6 is 11.6 Å². The van der Waals surface area contributed by atoms with E-state index in [9.17, 15) is 23.3 Å². The van der Waals surface area contributed by atoms with Gasteiger partial charge in [0.1, 0.15) is 29.3 Å². The number of piperazine rings is 1. The van der Waals surface area contributed by atoms with E-state index in [0.717, 1.165) is 73.8 Å². The summed E-state index contributed by atoms with van der Waals surface area (Å²) >= 11 is 6.27. The highest BCUT2D eigenvalue weighted by Gasteiger charge is 2.45. The van der Waals surface area contributed by atoms with Crippen molar-refractivity contribution in [3.05, 3.63) is 111 Å². The number of hydrogen-bond acceptors (Lipinski definition) is 12. The number of H-pyrrole nitrogens is 1. The van der Waals surface area contributed by atoms with Crippen molar-refractivity contribution in [3.8, 4) is 5.88 Å². The molecular weight excluding hydrogens is 875 g/mol. The van der Waals surface area contributed by atoms with Crippen molar-refractivity contribution in [3.63, 3.8) is 0 Å². The summed E-state index contributed by atoms with van der Waals surface area (Å²) in [6.07, 6.45) is 8.09. The topological polar surface area (TPSA) is 175 Å². The van der Waals surface area contributed by atoms with Crippen molar-refractivity contribution in [1.29, 1.82) is 0 Å². The Morgan fingerprint density at radius 1 is 0.923 bits per heavy atom. The molecule has 340 valence electrons. The maximum atomic E-state index is 15.3. The Hall–Kier alpha value is -5.75. The molecule has 5 aliphatic rings. The number of halogens is 2. The lowest BCUT2D eigenvalue weighted by Crippen LogP contribution is -2.47. The zero-order valence-corrected chi connectivity index (χ0v) is 37.4. The molecule has 0 unspecified atom stereocenters. The second kappa shape index (κ2) is 17.2. The minimum Gasteiger partial charge on any atom is -0.474 e. The van der Waals surface area contributed by atoms with Gasteiger partial charge in [0.25, 0.3) is 21.6 Å². The average molecular weight is 925 g/mol. The van der Waals surface area contributed by atoms with E-state index in [1.54, 1.807) is 12.3 Å². The molecule has 10 rings (SSSR count). The summed E-state index contributed by atoms with van der Waals surface area (Å²) in [6.45, 7) is 4.90.